The molecule has 4 N–H and O–H groups in total. The van der Waals surface area contributed by atoms with Crippen molar-refractivity contribution < 1.29 is 20.1 Å². The van der Waals surface area contributed by atoms with Crippen molar-refractivity contribution in [2.24, 2.45) is 0 Å². The summed E-state index contributed by atoms with van der Waals surface area (Å²) in [5.41, 5.74) is -1.37. The van der Waals surface area contributed by atoms with Gasteiger partial charge in [0, 0.05) is 6.42 Å². The number of rotatable bonds is 13. The molecule has 0 fully saturated rings. The monoisotopic (exact) mass is 480 g/mol. The first-order valence-corrected chi connectivity index (χ1v) is 13.8. The Morgan fingerprint density at radius 1 is 0.647 bits per heavy atom. The number of nitrogens with one attached hydrogen (secondary N) is 1. The molecule has 0 saturated carbocycles. The van der Waals surface area contributed by atoms with Crippen LogP contribution in [0.25, 0.3) is 0 Å². The molecule has 0 spiro atoms. The van der Waals surface area contributed by atoms with Crippen LogP contribution in [-0.4, -0.2) is 52.7 Å². The highest BCUT2D eigenvalue weighted by Gasteiger charge is 2.44. The molecular formula is C28H35NO4P+. The van der Waals surface area contributed by atoms with Gasteiger partial charge in [0.25, 0.3) is 0 Å². The molecule has 0 atom stereocenters. The third-order valence-corrected chi connectivity index (χ3v) is 10.8. The highest BCUT2D eigenvalue weighted by Crippen LogP contribution is 2.55. The zero-order chi connectivity index (χ0) is 24.3. The van der Waals surface area contributed by atoms with Crippen LogP contribution in [0.4, 0.5) is 0 Å². The molecule has 0 radical (unpaired) electrons. The molecule has 0 aromatic heterocycles. The van der Waals surface area contributed by atoms with Crippen LogP contribution in [0.2, 0.25) is 0 Å². The fourth-order valence-electron chi connectivity index (χ4n) is 4.32. The van der Waals surface area contributed by atoms with E-state index in [-0.39, 0.29) is 12.3 Å². The fraction of sp³-hybridized carbons (Fsp3) is 0.321. The van der Waals surface area contributed by atoms with E-state index in [1.165, 1.54) is 15.9 Å². The smallest absolute Gasteiger partial charge is 0.220 e. The van der Waals surface area contributed by atoms with Gasteiger partial charge in [0.1, 0.15) is 28.7 Å². The molecule has 0 saturated heterocycles. The van der Waals surface area contributed by atoms with Crippen molar-refractivity contribution in [3.05, 3.63) is 91.0 Å². The number of aliphatic hydroxyl groups excluding tert-OH is 3. The largest absolute Gasteiger partial charge is 0.394 e. The van der Waals surface area contributed by atoms with Crippen LogP contribution in [0.1, 0.15) is 25.7 Å². The summed E-state index contributed by atoms with van der Waals surface area (Å²) in [6, 6.07) is 32.2. The number of aliphatic hydroxyl groups is 3. The first kappa shape index (κ1) is 26.1. The molecule has 0 aliphatic carbocycles. The van der Waals surface area contributed by atoms with Gasteiger partial charge in [-0.1, -0.05) is 54.6 Å². The molecule has 180 valence electrons. The molecule has 5 nitrogen and oxygen atoms in total. The van der Waals surface area contributed by atoms with Crippen molar-refractivity contribution in [1.29, 1.82) is 0 Å². The van der Waals surface area contributed by atoms with Gasteiger partial charge in [0.2, 0.25) is 5.91 Å². The predicted octanol–water partition coefficient (Wildman–Crippen LogP) is 2.37. The summed E-state index contributed by atoms with van der Waals surface area (Å²) >= 11 is 0. The van der Waals surface area contributed by atoms with E-state index in [9.17, 15) is 20.1 Å². The topological polar surface area (TPSA) is 89.8 Å². The van der Waals surface area contributed by atoms with E-state index in [4.69, 9.17) is 0 Å². The summed E-state index contributed by atoms with van der Waals surface area (Å²) in [5, 5.41) is 34.9. The van der Waals surface area contributed by atoms with Crippen molar-refractivity contribution in [1.82, 2.24) is 5.32 Å². The second-order valence-corrected chi connectivity index (χ2v) is 12.3. The van der Waals surface area contributed by atoms with E-state index < -0.39 is 32.6 Å². The van der Waals surface area contributed by atoms with Gasteiger partial charge in [-0.25, -0.2) is 0 Å². The molecule has 1 amide bonds. The van der Waals surface area contributed by atoms with E-state index in [1.54, 1.807) is 0 Å². The summed E-state index contributed by atoms with van der Waals surface area (Å²) in [4.78, 5) is 12.3. The van der Waals surface area contributed by atoms with Gasteiger partial charge in [-0.2, -0.15) is 0 Å². The van der Waals surface area contributed by atoms with E-state index in [0.717, 1.165) is 19.0 Å². The van der Waals surface area contributed by atoms with Crippen LogP contribution >= 0.6 is 7.26 Å². The van der Waals surface area contributed by atoms with Crippen molar-refractivity contribution in [3.8, 4) is 0 Å². The van der Waals surface area contributed by atoms with Crippen molar-refractivity contribution >= 4 is 29.1 Å². The minimum absolute atomic E-state index is 0.271. The molecule has 0 aliphatic rings. The number of hydrogen-bond acceptors (Lipinski definition) is 4. The van der Waals surface area contributed by atoms with Gasteiger partial charge in [-0.3, -0.25) is 4.79 Å². The highest BCUT2D eigenvalue weighted by molar-refractivity contribution is 7.95. The number of amides is 1. The molecule has 3 rings (SSSR count). The van der Waals surface area contributed by atoms with E-state index >= 15 is 0 Å². The first-order valence-electron chi connectivity index (χ1n) is 11.8. The lowest BCUT2D eigenvalue weighted by molar-refractivity contribution is -0.125. The average molecular weight is 481 g/mol. The van der Waals surface area contributed by atoms with Crippen LogP contribution in [-0.2, 0) is 4.79 Å². The zero-order valence-electron chi connectivity index (χ0n) is 19.5. The maximum absolute atomic E-state index is 12.3. The van der Waals surface area contributed by atoms with E-state index in [1.807, 2.05) is 0 Å². The minimum Gasteiger partial charge on any atom is -0.394 e. The van der Waals surface area contributed by atoms with Gasteiger partial charge in [-0.15, -0.1) is 0 Å². The SMILES string of the molecule is O=C(CCCCC[P+](c1ccccc1)(c1ccccc1)c1ccccc1)NC(CO)(CO)CO. The van der Waals surface area contributed by atoms with Crippen LogP contribution < -0.4 is 21.2 Å². The molecular weight excluding hydrogens is 445 g/mol. The minimum atomic E-state index is -1.87. The summed E-state index contributed by atoms with van der Waals surface area (Å²) < 4.78 is 0. The summed E-state index contributed by atoms with van der Waals surface area (Å²) in [7, 11) is -1.87. The van der Waals surface area contributed by atoms with Gasteiger partial charge >= 0.3 is 0 Å². The maximum atomic E-state index is 12.3. The molecule has 0 heterocycles. The van der Waals surface area contributed by atoms with Gasteiger partial charge in [0.05, 0.1) is 26.0 Å². The Hall–Kier alpha value is -2.56. The summed E-state index contributed by atoms with van der Waals surface area (Å²) in [5.74, 6) is -0.271. The Bertz CT molecular complexity index is 890. The number of benzene rings is 3. The fourth-order valence-corrected chi connectivity index (χ4v) is 8.73. The Morgan fingerprint density at radius 3 is 1.44 bits per heavy atom. The highest BCUT2D eigenvalue weighted by atomic mass is 31.2. The third kappa shape index (κ3) is 6.11. The van der Waals surface area contributed by atoms with E-state index in [0.29, 0.717) is 6.42 Å². The number of hydrogen-bond donors (Lipinski definition) is 4. The Labute approximate surface area is 202 Å². The molecule has 3 aromatic rings. The van der Waals surface area contributed by atoms with Crippen LogP contribution in [0.5, 0.6) is 0 Å². The lowest BCUT2D eigenvalue weighted by Crippen LogP contribution is -2.57. The second kappa shape index (κ2) is 12.8. The number of unbranched alkanes of at least 4 members (excludes halogenated alkanes) is 2. The van der Waals surface area contributed by atoms with Crippen molar-refractivity contribution in [2.75, 3.05) is 26.0 Å². The Balaban J connectivity index is 1.76. The number of carbonyl (C=O) groups is 1. The quantitative estimate of drug-likeness (QED) is 0.223. The van der Waals surface area contributed by atoms with E-state index in [2.05, 4.69) is 96.3 Å². The number of carbonyl (C=O) groups excluding carboxylic acids is 1. The molecule has 0 bridgehead atoms. The zero-order valence-corrected chi connectivity index (χ0v) is 20.4. The Kier molecular flexibility index (Phi) is 9.79. The van der Waals surface area contributed by atoms with Crippen LogP contribution in [0.15, 0.2) is 91.0 Å². The standard InChI is InChI=1S/C28H34NO4P/c30-21-28(22-31,23-32)29-27(33)19-11-4-12-20-34(24-13-5-1-6-14-24,25-15-7-2-8-16-25)26-17-9-3-10-18-26/h1-3,5-10,13-18,30-32H,4,11-12,19-23H2/p+1. The molecule has 0 aliphatic heterocycles. The van der Waals surface area contributed by atoms with Crippen molar-refractivity contribution in [2.45, 2.75) is 31.2 Å². The van der Waals surface area contributed by atoms with Gasteiger partial charge in [0.15, 0.2) is 0 Å². The Morgan fingerprint density at radius 2 is 1.06 bits per heavy atom. The van der Waals surface area contributed by atoms with Crippen LogP contribution in [0.3, 0.4) is 0 Å². The van der Waals surface area contributed by atoms with Crippen molar-refractivity contribution in [3.63, 3.8) is 0 Å². The predicted molar refractivity (Wildman–Crippen MR) is 141 cm³/mol. The molecule has 6 heteroatoms. The summed E-state index contributed by atoms with van der Waals surface area (Å²) in [6.45, 7) is -1.53. The normalized spacial score (nSPS) is 11.9. The van der Waals surface area contributed by atoms with Gasteiger partial charge in [-0.05, 0) is 55.7 Å². The first-order chi connectivity index (χ1) is 16.6. The summed E-state index contributed by atoms with van der Waals surface area (Å²) in [6.07, 6.45) is 3.83. The third-order valence-electron chi connectivity index (χ3n) is 6.30. The molecule has 0 unspecified atom stereocenters. The lowest BCUT2D eigenvalue weighted by Gasteiger charge is -2.29. The molecule has 34 heavy (non-hydrogen) atoms. The maximum Gasteiger partial charge on any atom is 0.220 e. The van der Waals surface area contributed by atoms with Crippen LogP contribution in [0, 0.1) is 0 Å². The lowest BCUT2D eigenvalue weighted by atomic mass is 10.0. The van der Waals surface area contributed by atoms with Gasteiger partial charge < -0.3 is 20.6 Å². The average Bonchev–Trinajstić information content (AvgIpc) is 2.91. The molecule has 3 aromatic carbocycles. The second-order valence-electron chi connectivity index (χ2n) is 8.65.